The number of carbonyl (C=O) groups excluding carboxylic acids is 2. The molecule has 176 valence electrons. The minimum absolute atomic E-state index is 0.114. The van der Waals surface area contributed by atoms with Crippen LogP contribution in [0.4, 0.5) is 10.8 Å². The lowest BCUT2D eigenvalue weighted by Crippen LogP contribution is -2.28. The number of hydrogen-bond acceptors (Lipinski definition) is 9. The Morgan fingerprint density at radius 2 is 2.03 bits per heavy atom. The molecule has 0 radical (unpaired) electrons. The Morgan fingerprint density at radius 3 is 2.71 bits per heavy atom. The maximum atomic E-state index is 13.3. The summed E-state index contributed by atoms with van der Waals surface area (Å²) in [6.45, 7) is 0. The Kier molecular flexibility index (Phi) is 5.75. The molecule has 35 heavy (non-hydrogen) atoms. The number of rotatable bonds is 5. The monoisotopic (exact) mass is 527 g/mol. The molecule has 5 rings (SSSR count). The summed E-state index contributed by atoms with van der Waals surface area (Å²) in [5.74, 6) is -1.81. The average Bonchev–Trinajstić information content (AvgIpc) is 3.57. The smallest absolute Gasteiger partial charge is 0.301 e. The number of thiazole rings is 1. The molecule has 4 aromatic rings. The summed E-state index contributed by atoms with van der Waals surface area (Å²) in [7, 11) is 1.45. The summed E-state index contributed by atoms with van der Waals surface area (Å²) in [4.78, 5) is 43.4. The van der Waals surface area contributed by atoms with Crippen molar-refractivity contribution in [1.82, 2.24) is 4.98 Å². The molecule has 1 unspecified atom stereocenters. The van der Waals surface area contributed by atoms with Crippen LogP contribution in [-0.2, 0) is 9.59 Å². The summed E-state index contributed by atoms with van der Waals surface area (Å²) in [5, 5.41) is 24.5. The van der Waals surface area contributed by atoms with E-state index >= 15 is 0 Å². The fourth-order valence-corrected chi connectivity index (χ4v) is 5.88. The number of amides is 1. The third-order valence-corrected chi connectivity index (χ3v) is 7.74. The molecule has 3 heterocycles. The zero-order valence-corrected chi connectivity index (χ0v) is 20.2. The van der Waals surface area contributed by atoms with Crippen LogP contribution in [0.5, 0.6) is 5.75 Å². The molecule has 12 heteroatoms. The average molecular weight is 528 g/mol. The molecular weight excluding hydrogens is 514 g/mol. The summed E-state index contributed by atoms with van der Waals surface area (Å²) in [6.07, 6.45) is 0. The lowest BCUT2D eigenvalue weighted by atomic mass is 10.00. The first-order valence-electron chi connectivity index (χ1n) is 10.0. The lowest BCUT2D eigenvalue weighted by Gasteiger charge is -2.21. The number of non-ortho nitro benzene ring substituents is 1. The van der Waals surface area contributed by atoms with Crippen LogP contribution in [0, 0.1) is 10.1 Å². The number of benzene rings is 2. The number of ketones is 1. The standard InChI is InChI=1S/C23H14ClN3O6S2/c1-33-12-5-6-14(24)13(10-12)20(28)18-19(16-3-2-8-34-16)26(22(30)21(18)29)23-25-15-7-4-11(27(31)32)9-17(15)35-23/h2-10,19,28H,1H3/b20-18+. The second kappa shape index (κ2) is 8.77. The Morgan fingerprint density at radius 1 is 1.23 bits per heavy atom. The van der Waals surface area contributed by atoms with Gasteiger partial charge in [0, 0.05) is 22.6 Å². The van der Waals surface area contributed by atoms with E-state index in [1.807, 2.05) is 0 Å². The number of Topliss-reactive ketones (excluding diaryl/α,β-unsaturated/α-hetero) is 1. The highest BCUT2D eigenvalue weighted by atomic mass is 35.5. The van der Waals surface area contributed by atoms with Gasteiger partial charge in [-0.05, 0) is 35.7 Å². The number of aromatic nitrogens is 1. The van der Waals surface area contributed by atoms with Gasteiger partial charge in [0.25, 0.3) is 11.5 Å². The number of anilines is 1. The predicted octanol–water partition coefficient (Wildman–Crippen LogP) is 5.55. The first kappa shape index (κ1) is 23.0. The Bertz CT molecular complexity index is 1550. The molecule has 1 amide bonds. The van der Waals surface area contributed by atoms with Crippen molar-refractivity contribution in [2.45, 2.75) is 6.04 Å². The van der Waals surface area contributed by atoms with E-state index < -0.39 is 28.4 Å². The van der Waals surface area contributed by atoms with E-state index in [1.165, 1.54) is 53.7 Å². The van der Waals surface area contributed by atoms with Crippen LogP contribution in [0.15, 0.2) is 59.5 Å². The van der Waals surface area contributed by atoms with Gasteiger partial charge in [-0.15, -0.1) is 11.3 Å². The fourth-order valence-electron chi connectivity index (χ4n) is 3.82. The number of nitro benzene ring substituents is 1. The highest BCUT2D eigenvalue weighted by molar-refractivity contribution is 7.22. The Labute approximate surface area is 210 Å². The molecule has 0 bridgehead atoms. The highest BCUT2D eigenvalue weighted by Gasteiger charge is 2.48. The minimum Gasteiger partial charge on any atom is -0.507 e. The molecule has 1 atom stereocenters. The molecule has 1 aliphatic rings. The summed E-state index contributed by atoms with van der Waals surface area (Å²) >= 11 is 8.65. The van der Waals surface area contributed by atoms with Gasteiger partial charge in [0.2, 0.25) is 0 Å². The highest BCUT2D eigenvalue weighted by Crippen LogP contribution is 2.46. The van der Waals surface area contributed by atoms with Gasteiger partial charge in [0.15, 0.2) is 5.13 Å². The van der Waals surface area contributed by atoms with E-state index in [1.54, 1.807) is 23.6 Å². The van der Waals surface area contributed by atoms with Crippen molar-refractivity contribution in [2.75, 3.05) is 12.0 Å². The maximum Gasteiger partial charge on any atom is 0.301 e. The van der Waals surface area contributed by atoms with Gasteiger partial charge in [-0.2, -0.15) is 0 Å². The molecule has 1 N–H and O–H groups in total. The summed E-state index contributed by atoms with van der Waals surface area (Å²) in [6, 6.07) is 11.3. The van der Waals surface area contributed by atoms with Crippen molar-refractivity contribution in [3.05, 3.63) is 85.1 Å². The van der Waals surface area contributed by atoms with Gasteiger partial charge in [-0.1, -0.05) is 29.0 Å². The second-order valence-electron chi connectivity index (χ2n) is 7.44. The van der Waals surface area contributed by atoms with E-state index in [0.717, 1.165) is 11.3 Å². The third kappa shape index (κ3) is 3.83. The molecule has 0 spiro atoms. The third-order valence-electron chi connectivity index (χ3n) is 5.46. The lowest BCUT2D eigenvalue weighted by molar-refractivity contribution is -0.384. The van der Waals surface area contributed by atoms with Gasteiger partial charge in [0.1, 0.15) is 17.6 Å². The molecule has 1 saturated heterocycles. The van der Waals surface area contributed by atoms with E-state index in [9.17, 15) is 24.8 Å². The van der Waals surface area contributed by atoms with E-state index in [4.69, 9.17) is 16.3 Å². The number of carbonyl (C=O) groups is 2. The Hall–Kier alpha value is -3.80. The fraction of sp³-hybridized carbons (Fsp3) is 0.0870. The molecule has 1 aliphatic heterocycles. The van der Waals surface area contributed by atoms with Crippen LogP contribution in [0.1, 0.15) is 16.5 Å². The first-order chi connectivity index (χ1) is 16.8. The number of fused-ring (bicyclic) bond motifs is 1. The molecule has 0 aliphatic carbocycles. The molecular formula is C23H14ClN3O6S2. The predicted molar refractivity (Wildman–Crippen MR) is 133 cm³/mol. The van der Waals surface area contributed by atoms with Crippen LogP contribution in [0.3, 0.4) is 0 Å². The van der Waals surface area contributed by atoms with Crippen molar-refractivity contribution < 1.29 is 24.4 Å². The topological polar surface area (TPSA) is 123 Å². The van der Waals surface area contributed by atoms with Gasteiger partial charge in [-0.25, -0.2) is 4.98 Å². The van der Waals surface area contributed by atoms with Crippen LogP contribution in [0.25, 0.3) is 16.0 Å². The van der Waals surface area contributed by atoms with Crippen molar-refractivity contribution in [3.63, 3.8) is 0 Å². The molecule has 9 nitrogen and oxygen atoms in total. The number of halogens is 1. The summed E-state index contributed by atoms with van der Waals surface area (Å²) in [5.41, 5.74) is 0.332. The van der Waals surface area contributed by atoms with Crippen LogP contribution < -0.4 is 9.64 Å². The number of nitrogens with zero attached hydrogens (tertiary/aromatic N) is 3. The van der Waals surface area contributed by atoms with Gasteiger partial charge >= 0.3 is 5.91 Å². The molecule has 1 fully saturated rings. The second-order valence-corrected chi connectivity index (χ2v) is 9.83. The minimum atomic E-state index is -0.965. The normalized spacial score (nSPS) is 17.3. The van der Waals surface area contributed by atoms with Crippen LogP contribution in [-0.4, -0.2) is 33.8 Å². The number of aliphatic hydroxyl groups excluding tert-OH is 1. The van der Waals surface area contributed by atoms with Crippen molar-refractivity contribution >= 4 is 72.8 Å². The van der Waals surface area contributed by atoms with Crippen molar-refractivity contribution in [1.29, 1.82) is 0 Å². The number of hydrogen-bond donors (Lipinski definition) is 1. The number of aliphatic hydroxyl groups is 1. The molecule has 2 aromatic heterocycles. The quantitative estimate of drug-likeness (QED) is 0.118. The van der Waals surface area contributed by atoms with E-state index in [0.29, 0.717) is 20.8 Å². The van der Waals surface area contributed by atoms with E-state index in [2.05, 4.69) is 4.98 Å². The number of nitro groups is 1. The maximum absolute atomic E-state index is 13.3. The molecule has 2 aromatic carbocycles. The summed E-state index contributed by atoms with van der Waals surface area (Å²) < 4.78 is 5.69. The number of methoxy groups -OCH3 is 1. The van der Waals surface area contributed by atoms with E-state index in [-0.39, 0.29) is 27.0 Å². The van der Waals surface area contributed by atoms with Crippen molar-refractivity contribution in [3.8, 4) is 5.75 Å². The van der Waals surface area contributed by atoms with Crippen LogP contribution in [0.2, 0.25) is 5.02 Å². The number of ether oxygens (including phenoxy) is 1. The number of thiophene rings is 1. The zero-order valence-electron chi connectivity index (χ0n) is 17.8. The first-order valence-corrected chi connectivity index (χ1v) is 12.1. The van der Waals surface area contributed by atoms with Gasteiger partial charge in [-0.3, -0.25) is 24.6 Å². The van der Waals surface area contributed by atoms with Crippen LogP contribution >= 0.6 is 34.3 Å². The van der Waals surface area contributed by atoms with Crippen molar-refractivity contribution in [2.24, 2.45) is 0 Å². The van der Waals surface area contributed by atoms with Gasteiger partial charge in [0.05, 0.1) is 32.8 Å². The molecule has 0 saturated carbocycles. The largest absolute Gasteiger partial charge is 0.507 e. The Balaban J connectivity index is 1.71. The SMILES string of the molecule is COc1ccc(Cl)c(/C(O)=C2\C(=O)C(=O)N(c3nc4ccc([N+](=O)[O-])cc4s3)C2c2cccs2)c1. The zero-order chi connectivity index (χ0) is 24.9. The van der Waals surface area contributed by atoms with Gasteiger partial charge < -0.3 is 9.84 Å².